The van der Waals surface area contributed by atoms with Crippen molar-refractivity contribution in [3.8, 4) is 0 Å². The number of hydrogen-bond acceptors (Lipinski definition) is 5. The van der Waals surface area contributed by atoms with Gasteiger partial charge in [-0.15, -0.1) is 0 Å². The number of rotatable bonds is 4. The summed E-state index contributed by atoms with van der Waals surface area (Å²) in [5, 5.41) is 11.7. The fourth-order valence-corrected chi connectivity index (χ4v) is 1.88. The van der Waals surface area contributed by atoms with Crippen LogP contribution in [-0.2, 0) is 0 Å². The van der Waals surface area contributed by atoms with Gasteiger partial charge in [-0.2, -0.15) is 4.98 Å². The number of aromatic carboxylic acids is 1. The van der Waals surface area contributed by atoms with Crippen molar-refractivity contribution in [1.29, 1.82) is 0 Å². The largest absolute Gasteiger partial charge is 0.476 e. The van der Waals surface area contributed by atoms with Crippen molar-refractivity contribution < 1.29 is 14.3 Å². The topological polar surface area (TPSA) is 78.6 Å². The zero-order valence-corrected chi connectivity index (χ0v) is 9.14. The minimum Gasteiger partial charge on any atom is -0.476 e. The first-order chi connectivity index (χ1) is 7.65. The molecule has 0 saturated carbocycles. The molecule has 1 aliphatic heterocycles. The maximum Gasteiger partial charge on any atom is 0.357 e. The van der Waals surface area contributed by atoms with E-state index >= 15 is 0 Å². The van der Waals surface area contributed by atoms with Crippen LogP contribution in [0.5, 0.6) is 0 Å². The third-order valence-electron chi connectivity index (χ3n) is 2.75. The molecule has 1 aliphatic rings. The van der Waals surface area contributed by atoms with E-state index in [9.17, 15) is 4.79 Å². The summed E-state index contributed by atoms with van der Waals surface area (Å²) in [6.45, 7) is 2.93. The Kier molecular flexibility index (Phi) is 3.09. The Morgan fingerprint density at radius 1 is 1.81 bits per heavy atom. The van der Waals surface area contributed by atoms with Gasteiger partial charge in [-0.1, -0.05) is 0 Å². The van der Waals surface area contributed by atoms with Crippen molar-refractivity contribution in [3.05, 3.63) is 12.0 Å². The number of carboxylic acid groups (broad SMARTS) is 1. The molecule has 1 aromatic heterocycles. The molecule has 6 heteroatoms. The lowest BCUT2D eigenvalue weighted by Gasteiger charge is -2.09. The van der Waals surface area contributed by atoms with Crippen LogP contribution in [0.2, 0.25) is 0 Å². The highest BCUT2D eigenvalue weighted by Gasteiger charge is 2.19. The van der Waals surface area contributed by atoms with E-state index in [1.807, 2.05) is 0 Å². The van der Waals surface area contributed by atoms with Crippen molar-refractivity contribution in [3.63, 3.8) is 0 Å². The van der Waals surface area contributed by atoms with Gasteiger partial charge in [0.2, 0.25) is 0 Å². The summed E-state index contributed by atoms with van der Waals surface area (Å²) >= 11 is 0. The summed E-state index contributed by atoms with van der Waals surface area (Å²) in [5.41, 5.74) is -0.0639. The first-order valence-electron chi connectivity index (χ1n) is 5.26. The lowest BCUT2D eigenvalue weighted by atomic mass is 10.1. The molecule has 0 amide bonds. The van der Waals surface area contributed by atoms with Gasteiger partial charge in [-0.3, -0.25) is 0 Å². The Morgan fingerprint density at radius 2 is 2.62 bits per heavy atom. The third-order valence-corrected chi connectivity index (χ3v) is 2.75. The van der Waals surface area contributed by atoms with Crippen LogP contribution in [0.1, 0.15) is 16.9 Å². The molecule has 1 saturated heterocycles. The second kappa shape index (κ2) is 4.52. The van der Waals surface area contributed by atoms with E-state index in [1.54, 1.807) is 0 Å². The van der Waals surface area contributed by atoms with E-state index in [1.165, 1.54) is 0 Å². The van der Waals surface area contributed by atoms with Gasteiger partial charge in [-0.05, 0) is 25.9 Å². The van der Waals surface area contributed by atoms with Crippen LogP contribution < -0.4 is 5.32 Å². The monoisotopic (exact) mass is 225 g/mol. The molecule has 0 spiro atoms. The van der Waals surface area contributed by atoms with E-state index in [0.29, 0.717) is 5.92 Å². The fraction of sp³-hybridized carbons (Fsp3) is 0.600. The van der Waals surface area contributed by atoms with Crippen molar-refractivity contribution in [2.75, 3.05) is 32.0 Å². The third kappa shape index (κ3) is 2.52. The standard InChI is InChI=1S/C10H15N3O3/c1-13-3-2-7(5-13)4-11-10-12-8(6-16-10)9(14)15/h6-7H,2-5H2,1H3,(H,11,12)(H,14,15). The smallest absolute Gasteiger partial charge is 0.357 e. The molecule has 0 aliphatic carbocycles. The molecular weight excluding hydrogens is 210 g/mol. The maximum atomic E-state index is 10.6. The number of nitrogens with zero attached hydrogens (tertiary/aromatic N) is 2. The Labute approximate surface area is 93.3 Å². The predicted molar refractivity (Wildman–Crippen MR) is 57.6 cm³/mol. The second-order valence-electron chi connectivity index (χ2n) is 4.14. The van der Waals surface area contributed by atoms with Crippen LogP contribution >= 0.6 is 0 Å². The zero-order valence-electron chi connectivity index (χ0n) is 9.14. The quantitative estimate of drug-likeness (QED) is 0.786. The van der Waals surface area contributed by atoms with Crippen LogP contribution in [0.4, 0.5) is 6.01 Å². The van der Waals surface area contributed by atoms with Gasteiger partial charge in [0, 0.05) is 13.1 Å². The highest BCUT2D eigenvalue weighted by atomic mass is 16.4. The average molecular weight is 225 g/mol. The predicted octanol–water partition coefficient (Wildman–Crippen LogP) is 0.736. The van der Waals surface area contributed by atoms with E-state index in [0.717, 1.165) is 32.3 Å². The fourth-order valence-electron chi connectivity index (χ4n) is 1.88. The van der Waals surface area contributed by atoms with Crippen molar-refractivity contribution in [2.45, 2.75) is 6.42 Å². The number of carboxylic acids is 1. The molecule has 2 N–H and O–H groups in total. The van der Waals surface area contributed by atoms with E-state index < -0.39 is 5.97 Å². The number of likely N-dealkylation sites (tertiary alicyclic amines) is 1. The molecule has 16 heavy (non-hydrogen) atoms. The summed E-state index contributed by atoms with van der Waals surface area (Å²) in [6, 6.07) is 0.284. The molecule has 2 heterocycles. The Morgan fingerprint density at radius 3 is 3.19 bits per heavy atom. The van der Waals surface area contributed by atoms with Gasteiger partial charge >= 0.3 is 5.97 Å². The number of carbonyl (C=O) groups is 1. The lowest BCUT2D eigenvalue weighted by molar-refractivity contribution is 0.0690. The molecule has 1 unspecified atom stereocenters. The summed E-state index contributed by atoms with van der Waals surface area (Å²) in [7, 11) is 2.09. The highest BCUT2D eigenvalue weighted by molar-refractivity contribution is 5.85. The second-order valence-corrected chi connectivity index (χ2v) is 4.14. The lowest BCUT2D eigenvalue weighted by Crippen LogP contribution is -2.19. The Hall–Kier alpha value is -1.56. The minimum absolute atomic E-state index is 0.0639. The molecule has 0 radical (unpaired) electrons. The van der Waals surface area contributed by atoms with E-state index in [-0.39, 0.29) is 11.7 Å². The number of hydrogen-bond donors (Lipinski definition) is 2. The van der Waals surface area contributed by atoms with Crippen molar-refractivity contribution in [1.82, 2.24) is 9.88 Å². The summed E-state index contributed by atoms with van der Waals surface area (Å²) < 4.78 is 5.00. The normalized spacial score (nSPS) is 21.2. The number of aromatic nitrogens is 1. The van der Waals surface area contributed by atoms with Gasteiger partial charge in [0.25, 0.3) is 6.01 Å². The SMILES string of the molecule is CN1CCC(CNc2nc(C(=O)O)co2)C1. The first kappa shape index (κ1) is 10.9. The summed E-state index contributed by atoms with van der Waals surface area (Å²) in [5.74, 6) is -0.498. The van der Waals surface area contributed by atoms with E-state index in [2.05, 4.69) is 22.2 Å². The Bertz CT molecular complexity index is 377. The van der Waals surface area contributed by atoms with Gasteiger partial charge in [0.15, 0.2) is 5.69 Å². The molecule has 2 rings (SSSR count). The molecule has 88 valence electrons. The average Bonchev–Trinajstić information content (AvgIpc) is 2.83. The van der Waals surface area contributed by atoms with Crippen LogP contribution in [0, 0.1) is 5.92 Å². The molecule has 1 fully saturated rings. The van der Waals surface area contributed by atoms with Crippen LogP contribution in [0.3, 0.4) is 0 Å². The highest BCUT2D eigenvalue weighted by Crippen LogP contribution is 2.15. The first-order valence-corrected chi connectivity index (χ1v) is 5.26. The van der Waals surface area contributed by atoms with Crippen LogP contribution in [-0.4, -0.2) is 47.6 Å². The van der Waals surface area contributed by atoms with Crippen LogP contribution in [0.25, 0.3) is 0 Å². The number of anilines is 1. The van der Waals surface area contributed by atoms with Crippen LogP contribution in [0.15, 0.2) is 10.7 Å². The van der Waals surface area contributed by atoms with Crippen molar-refractivity contribution in [2.24, 2.45) is 5.92 Å². The molecular formula is C10H15N3O3. The number of nitrogens with one attached hydrogen (secondary N) is 1. The van der Waals surface area contributed by atoms with Gasteiger partial charge in [0.05, 0.1) is 0 Å². The van der Waals surface area contributed by atoms with Crippen molar-refractivity contribution >= 4 is 12.0 Å². The molecule has 0 aromatic carbocycles. The molecule has 6 nitrogen and oxygen atoms in total. The van der Waals surface area contributed by atoms with Gasteiger partial charge in [0.1, 0.15) is 6.26 Å². The molecule has 0 bridgehead atoms. The molecule has 1 aromatic rings. The zero-order chi connectivity index (χ0) is 11.5. The number of oxazole rings is 1. The Balaban J connectivity index is 1.83. The molecule has 1 atom stereocenters. The summed E-state index contributed by atoms with van der Waals surface area (Å²) in [4.78, 5) is 16.6. The van der Waals surface area contributed by atoms with Gasteiger partial charge < -0.3 is 19.7 Å². The minimum atomic E-state index is -1.07. The summed E-state index contributed by atoms with van der Waals surface area (Å²) in [6.07, 6.45) is 2.29. The van der Waals surface area contributed by atoms with Gasteiger partial charge in [-0.25, -0.2) is 4.79 Å². The van der Waals surface area contributed by atoms with E-state index in [4.69, 9.17) is 9.52 Å². The maximum absolute atomic E-state index is 10.6.